The molecule has 4 aliphatic carbocycles. The van der Waals surface area contributed by atoms with Gasteiger partial charge in [0.05, 0.1) is 0 Å². The Kier molecular flexibility index (Phi) is 2.19. The molecule has 3 heteroatoms. The zero-order valence-electron chi connectivity index (χ0n) is 11.5. The Bertz CT molecular complexity index is 439. The van der Waals surface area contributed by atoms with Gasteiger partial charge < -0.3 is 4.57 Å². The molecule has 0 spiro atoms. The molecule has 0 aromatic carbocycles. The van der Waals surface area contributed by atoms with E-state index < -0.39 is 0 Å². The summed E-state index contributed by atoms with van der Waals surface area (Å²) in [5.41, 5.74) is 0.393. The van der Waals surface area contributed by atoms with E-state index in [1.54, 1.807) is 0 Å². The highest BCUT2D eigenvalue weighted by Gasteiger charge is 2.53. The molecule has 0 aliphatic heterocycles. The fraction of sp³-hybridized carbons (Fsp3) is 0.867. The fourth-order valence-electron chi connectivity index (χ4n) is 5.52. The van der Waals surface area contributed by atoms with Crippen molar-refractivity contribution in [1.29, 1.82) is 0 Å². The highest BCUT2D eigenvalue weighted by atomic mass is 15.3. The standard InChI is InChI=1S/C15H23N3/c1-3-13-16-17-14(18(13)2)15-7-10-4-11(8-15)6-12(5-10)9-15/h10-12H,3-9H2,1-2H3. The molecular weight excluding hydrogens is 222 g/mol. The summed E-state index contributed by atoms with van der Waals surface area (Å²) in [6.07, 6.45) is 9.64. The second-order valence-electron chi connectivity index (χ2n) is 7.05. The van der Waals surface area contributed by atoms with Gasteiger partial charge >= 0.3 is 0 Å². The highest BCUT2D eigenvalue weighted by Crippen LogP contribution is 2.60. The van der Waals surface area contributed by atoms with Crippen molar-refractivity contribution in [3.8, 4) is 0 Å². The molecule has 0 radical (unpaired) electrons. The van der Waals surface area contributed by atoms with E-state index in [9.17, 15) is 0 Å². The topological polar surface area (TPSA) is 30.7 Å². The van der Waals surface area contributed by atoms with E-state index in [4.69, 9.17) is 0 Å². The van der Waals surface area contributed by atoms with Gasteiger partial charge in [-0.2, -0.15) is 0 Å². The first-order valence-electron chi connectivity index (χ1n) is 7.59. The molecule has 4 aliphatic rings. The Morgan fingerprint density at radius 3 is 2.06 bits per heavy atom. The molecule has 98 valence electrons. The molecule has 3 nitrogen and oxygen atoms in total. The zero-order chi connectivity index (χ0) is 12.3. The Labute approximate surface area is 109 Å². The summed E-state index contributed by atoms with van der Waals surface area (Å²) in [5.74, 6) is 5.41. The number of nitrogens with zero attached hydrogens (tertiary/aromatic N) is 3. The molecule has 0 unspecified atom stereocenters. The van der Waals surface area contributed by atoms with Crippen molar-refractivity contribution in [3.05, 3.63) is 11.6 Å². The van der Waals surface area contributed by atoms with Crippen LogP contribution in [0.25, 0.3) is 0 Å². The highest BCUT2D eigenvalue weighted by molar-refractivity contribution is 5.18. The Morgan fingerprint density at radius 2 is 1.61 bits per heavy atom. The normalized spacial score (nSPS) is 41.6. The second-order valence-corrected chi connectivity index (χ2v) is 7.05. The lowest BCUT2D eigenvalue weighted by molar-refractivity contribution is -0.0108. The summed E-state index contributed by atoms with van der Waals surface area (Å²) in [4.78, 5) is 0. The zero-order valence-corrected chi connectivity index (χ0v) is 11.5. The minimum absolute atomic E-state index is 0.393. The molecule has 0 atom stereocenters. The van der Waals surface area contributed by atoms with Crippen LogP contribution in [0, 0.1) is 17.8 Å². The predicted molar refractivity (Wildman–Crippen MR) is 70.2 cm³/mol. The lowest BCUT2D eigenvalue weighted by Crippen LogP contribution is -2.49. The van der Waals surface area contributed by atoms with Crippen LogP contribution in [-0.4, -0.2) is 14.8 Å². The van der Waals surface area contributed by atoms with Crippen LogP contribution in [0.3, 0.4) is 0 Å². The summed E-state index contributed by atoms with van der Waals surface area (Å²) in [6.45, 7) is 2.17. The van der Waals surface area contributed by atoms with Crippen LogP contribution in [0.5, 0.6) is 0 Å². The third kappa shape index (κ3) is 1.36. The number of aryl methyl sites for hydroxylation is 1. The Morgan fingerprint density at radius 1 is 1.06 bits per heavy atom. The maximum absolute atomic E-state index is 4.59. The van der Waals surface area contributed by atoms with E-state index in [1.165, 1.54) is 44.3 Å². The number of hydrogen-bond donors (Lipinski definition) is 0. The van der Waals surface area contributed by atoms with Crippen LogP contribution < -0.4 is 0 Å². The number of rotatable bonds is 2. The van der Waals surface area contributed by atoms with Crippen LogP contribution in [0.15, 0.2) is 0 Å². The van der Waals surface area contributed by atoms with Gasteiger partial charge in [0.1, 0.15) is 11.6 Å². The maximum Gasteiger partial charge on any atom is 0.139 e. The minimum Gasteiger partial charge on any atom is -0.318 e. The smallest absolute Gasteiger partial charge is 0.139 e. The van der Waals surface area contributed by atoms with Crippen molar-refractivity contribution in [3.63, 3.8) is 0 Å². The van der Waals surface area contributed by atoms with Crippen LogP contribution in [0.4, 0.5) is 0 Å². The fourth-order valence-corrected chi connectivity index (χ4v) is 5.52. The van der Waals surface area contributed by atoms with Gasteiger partial charge in [0, 0.05) is 18.9 Å². The Balaban J connectivity index is 1.76. The molecule has 1 aromatic rings. The van der Waals surface area contributed by atoms with Crippen molar-refractivity contribution >= 4 is 0 Å². The van der Waals surface area contributed by atoms with Gasteiger partial charge in [-0.25, -0.2) is 0 Å². The molecule has 0 N–H and O–H groups in total. The first kappa shape index (κ1) is 11.0. The van der Waals surface area contributed by atoms with Crippen molar-refractivity contribution in [2.75, 3.05) is 0 Å². The molecule has 0 saturated heterocycles. The van der Waals surface area contributed by atoms with E-state index in [-0.39, 0.29) is 0 Å². The quantitative estimate of drug-likeness (QED) is 0.802. The van der Waals surface area contributed by atoms with E-state index >= 15 is 0 Å². The summed E-state index contributed by atoms with van der Waals surface area (Å²) < 4.78 is 2.30. The van der Waals surface area contributed by atoms with Gasteiger partial charge in [-0.05, 0) is 56.3 Å². The van der Waals surface area contributed by atoms with Gasteiger partial charge in [-0.15, -0.1) is 10.2 Å². The van der Waals surface area contributed by atoms with Gasteiger partial charge in [0.15, 0.2) is 0 Å². The molecule has 4 fully saturated rings. The molecule has 4 saturated carbocycles. The summed E-state index contributed by atoms with van der Waals surface area (Å²) >= 11 is 0. The lowest BCUT2D eigenvalue weighted by atomic mass is 9.49. The van der Waals surface area contributed by atoms with Crippen LogP contribution in [-0.2, 0) is 18.9 Å². The van der Waals surface area contributed by atoms with Crippen molar-refractivity contribution in [1.82, 2.24) is 14.8 Å². The van der Waals surface area contributed by atoms with Crippen molar-refractivity contribution in [2.45, 2.75) is 57.3 Å². The summed E-state index contributed by atoms with van der Waals surface area (Å²) in [6, 6.07) is 0. The summed E-state index contributed by atoms with van der Waals surface area (Å²) in [5, 5.41) is 8.99. The predicted octanol–water partition coefficient (Wildman–Crippen LogP) is 2.85. The maximum atomic E-state index is 4.59. The van der Waals surface area contributed by atoms with Gasteiger partial charge in [0.2, 0.25) is 0 Å². The number of hydrogen-bond acceptors (Lipinski definition) is 2. The lowest BCUT2D eigenvalue weighted by Gasteiger charge is -2.56. The average Bonchev–Trinajstić information content (AvgIpc) is 2.69. The van der Waals surface area contributed by atoms with Gasteiger partial charge in [0.25, 0.3) is 0 Å². The molecule has 4 bridgehead atoms. The van der Waals surface area contributed by atoms with E-state index in [0.717, 1.165) is 30.0 Å². The van der Waals surface area contributed by atoms with Crippen LogP contribution in [0.1, 0.15) is 57.1 Å². The van der Waals surface area contributed by atoms with Crippen LogP contribution in [0.2, 0.25) is 0 Å². The number of aromatic nitrogens is 3. The molecular formula is C15H23N3. The summed E-state index contributed by atoms with van der Waals surface area (Å²) in [7, 11) is 2.17. The van der Waals surface area contributed by atoms with Gasteiger partial charge in [-0.3, -0.25) is 0 Å². The molecule has 1 aromatic heterocycles. The van der Waals surface area contributed by atoms with E-state index in [0.29, 0.717) is 5.41 Å². The van der Waals surface area contributed by atoms with E-state index in [2.05, 4.69) is 28.7 Å². The first-order chi connectivity index (χ1) is 8.70. The molecule has 0 amide bonds. The molecule has 18 heavy (non-hydrogen) atoms. The molecule has 5 rings (SSSR count). The molecule has 1 heterocycles. The monoisotopic (exact) mass is 245 g/mol. The average molecular weight is 245 g/mol. The van der Waals surface area contributed by atoms with E-state index in [1.807, 2.05) is 0 Å². The SMILES string of the molecule is CCc1nnc(C23CC4CC(CC(C4)C2)C3)n1C. The largest absolute Gasteiger partial charge is 0.318 e. The first-order valence-corrected chi connectivity index (χ1v) is 7.59. The third-order valence-corrected chi connectivity index (χ3v) is 5.79. The third-order valence-electron chi connectivity index (χ3n) is 5.79. The van der Waals surface area contributed by atoms with Crippen molar-refractivity contribution in [2.24, 2.45) is 24.8 Å². The Hall–Kier alpha value is -0.860. The van der Waals surface area contributed by atoms with Gasteiger partial charge in [-0.1, -0.05) is 6.92 Å². The second kappa shape index (κ2) is 3.58. The van der Waals surface area contributed by atoms with Crippen LogP contribution >= 0.6 is 0 Å². The van der Waals surface area contributed by atoms with Crippen molar-refractivity contribution < 1.29 is 0 Å². The minimum atomic E-state index is 0.393.